The zero-order chi connectivity index (χ0) is 13.8. The first kappa shape index (κ1) is 13.5. The number of hydrogen-bond donors (Lipinski definition) is 1. The third kappa shape index (κ3) is 2.76. The highest BCUT2D eigenvalue weighted by atomic mass is 16.5. The Bertz CT molecular complexity index is 487. The van der Waals surface area contributed by atoms with Crippen LogP contribution in [0, 0.1) is 0 Å². The van der Waals surface area contributed by atoms with Gasteiger partial charge in [-0.05, 0) is 25.0 Å². The van der Waals surface area contributed by atoms with Crippen LogP contribution in [-0.2, 0) is 20.7 Å². The van der Waals surface area contributed by atoms with E-state index in [0.29, 0.717) is 13.0 Å². The van der Waals surface area contributed by atoms with Gasteiger partial charge in [0.05, 0.1) is 13.2 Å². The van der Waals surface area contributed by atoms with Gasteiger partial charge in [0, 0.05) is 12.8 Å². The van der Waals surface area contributed by atoms with Gasteiger partial charge in [0.25, 0.3) is 0 Å². The lowest BCUT2D eigenvalue weighted by molar-refractivity contribution is -0.130. The molecule has 0 aromatic heterocycles. The van der Waals surface area contributed by atoms with Crippen molar-refractivity contribution in [3.8, 4) is 0 Å². The van der Waals surface area contributed by atoms with E-state index in [1.54, 1.807) is 18.9 Å². The second kappa shape index (κ2) is 5.84. The van der Waals surface area contributed by atoms with Gasteiger partial charge >= 0.3 is 0 Å². The number of benzene rings is 1. The van der Waals surface area contributed by atoms with E-state index in [4.69, 9.17) is 4.74 Å². The quantitative estimate of drug-likeness (QED) is 0.870. The molecule has 1 aliphatic heterocycles. The summed E-state index contributed by atoms with van der Waals surface area (Å²) in [6, 6.07) is 7.15. The molecule has 2 rings (SSSR count). The molecule has 0 bridgehead atoms. The van der Waals surface area contributed by atoms with E-state index in [2.05, 4.69) is 5.32 Å². The van der Waals surface area contributed by atoms with Crippen LogP contribution in [-0.4, -0.2) is 38.1 Å². The first-order valence-corrected chi connectivity index (χ1v) is 6.31. The summed E-state index contributed by atoms with van der Waals surface area (Å²) >= 11 is 0. The summed E-state index contributed by atoms with van der Waals surface area (Å²) in [5, 5.41) is 2.59. The summed E-state index contributed by atoms with van der Waals surface area (Å²) in [5.74, 6) is -0.210. The van der Waals surface area contributed by atoms with Crippen LogP contribution in [0.15, 0.2) is 24.3 Å². The van der Waals surface area contributed by atoms with Gasteiger partial charge in [0.1, 0.15) is 6.04 Å². The van der Waals surface area contributed by atoms with Crippen molar-refractivity contribution in [2.24, 2.45) is 0 Å². The fourth-order valence-corrected chi connectivity index (χ4v) is 2.24. The highest BCUT2D eigenvalue weighted by Gasteiger charge is 2.32. The Balaban J connectivity index is 2.33. The van der Waals surface area contributed by atoms with Crippen molar-refractivity contribution in [3.63, 3.8) is 0 Å². The van der Waals surface area contributed by atoms with Gasteiger partial charge in [-0.2, -0.15) is 0 Å². The number of rotatable bonds is 4. The molecule has 102 valence electrons. The number of nitrogens with one attached hydrogen (secondary N) is 1. The third-order valence-electron chi connectivity index (χ3n) is 3.28. The highest BCUT2D eigenvalue weighted by molar-refractivity contribution is 6.06. The van der Waals surface area contributed by atoms with Gasteiger partial charge in [0.15, 0.2) is 0 Å². The van der Waals surface area contributed by atoms with Crippen molar-refractivity contribution in [1.82, 2.24) is 5.32 Å². The summed E-state index contributed by atoms with van der Waals surface area (Å²) in [7, 11) is 1.64. The molecule has 1 aromatic rings. The maximum atomic E-state index is 12.1. The summed E-state index contributed by atoms with van der Waals surface area (Å²) in [5.41, 5.74) is 1.81. The molecule has 1 saturated heterocycles. The summed E-state index contributed by atoms with van der Waals surface area (Å²) < 4.78 is 5.08. The molecule has 0 saturated carbocycles. The Morgan fingerprint density at radius 3 is 2.84 bits per heavy atom. The number of carbonyl (C=O) groups excluding carboxylic acids is 2. The highest BCUT2D eigenvalue weighted by Crippen LogP contribution is 2.24. The fourth-order valence-electron chi connectivity index (χ4n) is 2.24. The van der Waals surface area contributed by atoms with E-state index in [9.17, 15) is 9.59 Å². The number of anilines is 1. The molecule has 1 N–H and O–H groups in total. The molecule has 0 radical (unpaired) electrons. The van der Waals surface area contributed by atoms with E-state index in [1.165, 1.54) is 0 Å². The Morgan fingerprint density at radius 2 is 2.11 bits per heavy atom. The maximum absolute atomic E-state index is 12.1. The van der Waals surface area contributed by atoms with E-state index in [-0.39, 0.29) is 18.4 Å². The number of piperazine rings is 1. The lowest BCUT2D eigenvalue weighted by atomic mass is 10.1. The van der Waals surface area contributed by atoms with Crippen LogP contribution in [0.5, 0.6) is 0 Å². The Labute approximate surface area is 112 Å². The zero-order valence-electron chi connectivity index (χ0n) is 11.2. The second-order valence-corrected chi connectivity index (χ2v) is 4.53. The van der Waals surface area contributed by atoms with Crippen molar-refractivity contribution in [3.05, 3.63) is 29.8 Å². The lowest BCUT2D eigenvalue weighted by Gasteiger charge is -2.34. The fraction of sp³-hybridized carbons (Fsp3) is 0.429. The molecule has 1 aromatic carbocycles. The molecule has 19 heavy (non-hydrogen) atoms. The molecule has 2 amide bonds. The van der Waals surface area contributed by atoms with E-state index < -0.39 is 6.04 Å². The zero-order valence-corrected chi connectivity index (χ0v) is 11.2. The van der Waals surface area contributed by atoms with Gasteiger partial charge in [-0.1, -0.05) is 18.2 Å². The number of hydrogen-bond acceptors (Lipinski definition) is 3. The van der Waals surface area contributed by atoms with Gasteiger partial charge < -0.3 is 10.1 Å². The van der Waals surface area contributed by atoms with Crippen LogP contribution in [0.3, 0.4) is 0 Å². The SMILES string of the molecule is COCCc1ccccc1N1C(=O)CNC(=O)C1C. The van der Waals surface area contributed by atoms with Crippen molar-refractivity contribution < 1.29 is 14.3 Å². The van der Waals surface area contributed by atoms with E-state index >= 15 is 0 Å². The van der Waals surface area contributed by atoms with Crippen LogP contribution >= 0.6 is 0 Å². The molecule has 5 heteroatoms. The van der Waals surface area contributed by atoms with E-state index in [0.717, 1.165) is 11.3 Å². The topological polar surface area (TPSA) is 58.6 Å². The Morgan fingerprint density at radius 1 is 1.37 bits per heavy atom. The monoisotopic (exact) mass is 262 g/mol. The molecule has 5 nitrogen and oxygen atoms in total. The number of nitrogens with zero attached hydrogens (tertiary/aromatic N) is 1. The number of methoxy groups -OCH3 is 1. The molecule has 1 fully saturated rings. The molecule has 0 spiro atoms. The standard InChI is InChI=1S/C14H18N2O3/c1-10-14(18)15-9-13(17)16(10)12-6-4-3-5-11(12)7-8-19-2/h3-6,10H,7-9H2,1-2H3,(H,15,18). The van der Waals surface area contributed by atoms with Crippen molar-refractivity contribution >= 4 is 17.5 Å². The Kier molecular flexibility index (Phi) is 4.16. The average molecular weight is 262 g/mol. The van der Waals surface area contributed by atoms with Gasteiger partial charge in [0.2, 0.25) is 11.8 Å². The molecule has 0 aliphatic carbocycles. The van der Waals surface area contributed by atoms with Crippen LogP contribution in [0.4, 0.5) is 5.69 Å². The normalized spacial score (nSPS) is 19.5. The molecule has 1 heterocycles. The minimum absolute atomic E-state index is 0.0573. The van der Waals surface area contributed by atoms with Gasteiger partial charge in [-0.15, -0.1) is 0 Å². The van der Waals surface area contributed by atoms with Crippen LogP contribution in [0.1, 0.15) is 12.5 Å². The van der Waals surface area contributed by atoms with Gasteiger partial charge in [-0.25, -0.2) is 0 Å². The van der Waals surface area contributed by atoms with Crippen molar-refractivity contribution in [2.75, 3.05) is 25.2 Å². The number of ether oxygens (including phenoxy) is 1. The first-order chi connectivity index (χ1) is 9.15. The third-order valence-corrected chi connectivity index (χ3v) is 3.28. The van der Waals surface area contributed by atoms with Crippen LogP contribution in [0.25, 0.3) is 0 Å². The molecule has 1 aliphatic rings. The molecule has 1 unspecified atom stereocenters. The number of amides is 2. The predicted octanol–water partition coefficient (Wildman–Crippen LogP) is 0.727. The molecule has 1 atom stereocenters. The molecular formula is C14H18N2O3. The Hall–Kier alpha value is -1.88. The van der Waals surface area contributed by atoms with E-state index in [1.807, 2.05) is 24.3 Å². The smallest absolute Gasteiger partial charge is 0.247 e. The molecular weight excluding hydrogens is 244 g/mol. The largest absolute Gasteiger partial charge is 0.384 e. The average Bonchev–Trinajstić information content (AvgIpc) is 2.42. The van der Waals surface area contributed by atoms with Gasteiger partial charge in [-0.3, -0.25) is 14.5 Å². The number of carbonyl (C=O) groups is 2. The minimum atomic E-state index is -0.482. The van der Waals surface area contributed by atoms with Crippen LogP contribution < -0.4 is 10.2 Å². The summed E-state index contributed by atoms with van der Waals surface area (Å²) in [4.78, 5) is 25.3. The maximum Gasteiger partial charge on any atom is 0.247 e. The minimum Gasteiger partial charge on any atom is -0.384 e. The summed E-state index contributed by atoms with van der Waals surface area (Å²) in [6.07, 6.45) is 0.713. The lowest BCUT2D eigenvalue weighted by Crippen LogP contribution is -2.57. The second-order valence-electron chi connectivity index (χ2n) is 4.53. The van der Waals surface area contributed by atoms with Crippen molar-refractivity contribution in [2.45, 2.75) is 19.4 Å². The number of para-hydroxylation sites is 1. The van der Waals surface area contributed by atoms with Crippen LogP contribution in [0.2, 0.25) is 0 Å². The van der Waals surface area contributed by atoms with Crippen molar-refractivity contribution in [1.29, 1.82) is 0 Å². The summed E-state index contributed by atoms with van der Waals surface area (Å²) in [6.45, 7) is 2.38. The predicted molar refractivity (Wildman–Crippen MR) is 72.0 cm³/mol. The first-order valence-electron chi connectivity index (χ1n) is 6.31.